The van der Waals surface area contributed by atoms with Gasteiger partial charge >= 0.3 is 0 Å². The van der Waals surface area contributed by atoms with E-state index < -0.39 is 6.10 Å². The number of aliphatic hydroxyl groups is 1. The predicted molar refractivity (Wildman–Crippen MR) is 71.3 cm³/mol. The van der Waals surface area contributed by atoms with Gasteiger partial charge in [-0.25, -0.2) is 4.98 Å². The first-order valence-electron chi connectivity index (χ1n) is 5.51. The fourth-order valence-corrected chi connectivity index (χ4v) is 2.37. The highest BCUT2D eigenvalue weighted by Crippen LogP contribution is 2.34. The van der Waals surface area contributed by atoms with Gasteiger partial charge in [-0.2, -0.15) is 0 Å². The van der Waals surface area contributed by atoms with Gasteiger partial charge in [-0.3, -0.25) is 0 Å². The van der Waals surface area contributed by atoms with Crippen LogP contribution in [0, 0.1) is 0 Å². The molecule has 0 saturated heterocycles. The number of thiazole rings is 1. The summed E-state index contributed by atoms with van der Waals surface area (Å²) in [6, 6.07) is 5.58. The van der Waals surface area contributed by atoms with Crippen molar-refractivity contribution < 1.29 is 14.6 Å². The molecule has 1 atom stereocenters. The van der Waals surface area contributed by atoms with Gasteiger partial charge in [0.15, 0.2) is 0 Å². The van der Waals surface area contributed by atoms with Crippen molar-refractivity contribution in [2.24, 2.45) is 0 Å². The molecule has 96 valence electrons. The van der Waals surface area contributed by atoms with Crippen LogP contribution in [-0.4, -0.2) is 24.3 Å². The second kappa shape index (κ2) is 5.37. The number of hydrogen-bond donors (Lipinski definition) is 1. The third-order valence-corrected chi connectivity index (χ3v) is 3.58. The highest BCUT2D eigenvalue weighted by atomic mass is 32.1. The second-order valence-corrected chi connectivity index (χ2v) is 4.70. The highest BCUT2D eigenvalue weighted by Gasteiger charge is 2.13. The molecule has 1 aromatic heterocycles. The van der Waals surface area contributed by atoms with E-state index in [2.05, 4.69) is 4.98 Å². The van der Waals surface area contributed by atoms with Crippen LogP contribution in [0.3, 0.4) is 0 Å². The molecule has 0 amide bonds. The van der Waals surface area contributed by atoms with Gasteiger partial charge in [0.2, 0.25) is 0 Å². The van der Waals surface area contributed by atoms with Crippen LogP contribution in [-0.2, 0) is 0 Å². The number of methoxy groups -OCH3 is 2. The molecule has 2 rings (SSSR count). The summed E-state index contributed by atoms with van der Waals surface area (Å²) in [6.07, 6.45) is -0.548. The van der Waals surface area contributed by atoms with Crippen molar-refractivity contribution in [3.8, 4) is 22.8 Å². The van der Waals surface area contributed by atoms with E-state index in [0.717, 1.165) is 17.0 Å². The van der Waals surface area contributed by atoms with Crippen LogP contribution in [0.25, 0.3) is 11.3 Å². The molecular formula is C13H15NO3S. The topological polar surface area (TPSA) is 51.6 Å². The lowest BCUT2D eigenvalue weighted by Gasteiger charge is -2.08. The Kier molecular flexibility index (Phi) is 3.84. The molecule has 1 N–H and O–H groups in total. The molecular weight excluding hydrogens is 250 g/mol. The van der Waals surface area contributed by atoms with Crippen molar-refractivity contribution in [1.29, 1.82) is 0 Å². The van der Waals surface area contributed by atoms with Crippen LogP contribution in [0.15, 0.2) is 23.6 Å². The maximum atomic E-state index is 9.49. The molecule has 5 heteroatoms. The van der Waals surface area contributed by atoms with Crippen molar-refractivity contribution in [2.75, 3.05) is 14.2 Å². The van der Waals surface area contributed by atoms with Crippen LogP contribution in [0.1, 0.15) is 18.0 Å². The molecule has 18 heavy (non-hydrogen) atoms. The summed E-state index contributed by atoms with van der Waals surface area (Å²) in [7, 11) is 3.23. The standard InChI is InChI=1S/C13H15NO3S/c1-8(15)13-14-11(7-18-13)10-5-4-9(16-2)6-12(10)17-3/h4-8,15H,1-3H3. The second-order valence-electron chi connectivity index (χ2n) is 3.81. The number of aromatic nitrogens is 1. The molecule has 0 fully saturated rings. The average molecular weight is 265 g/mol. The Balaban J connectivity index is 2.42. The van der Waals surface area contributed by atoms with E-state index in [1.54, 1.807) is 21.1 Å². The van der Waals surface area contributed by atoms with Crippen molar-refractivity contribution in [2.45, 2.75) is 13.0 Å². The summed E-state index contributed by atoms with van der Waals surface area (Å²) >= 11 is 1.43. The predicted octanol–water partition coefficient (Wildman–Crippen LogP) is 2.88. The number of hydrogen-bond acceptors (Lipinski definition) is 5. The Morgan fingerprint density at radius 3 is 2.61 bits per heavy atom. The zero-order valence-corrected chi connectivity index (χ0v) is 11.3. The fourth-order valence-electron chi connectivity index (χ4n) is 1.61. The van der Waals surface area contributed by atoms with Crippen LogP contribution in [0.2, 0.25) is 0 Å². The first kappa shape index (κ1) is 12.9. The Labute approximate surface area is 110 Å². The number of benzene rings is 1. The van der Waals surface area contributed by atoms with Crippen molar-refractivity contribution in [3.05, 3.63) is 28.6 Å². The zero-order chi connectivity index (χ0) is 13.1. The number of rotatable bonds is 4. The molecule has 0 spiro atoms. The first-order chi connectivity index (χ1) is 8.65. The lowest BCUT2D eigenvalue weighted by Crippen LogP contribution is -1.92. The van der Waals surface area contributed by atoms with Gasteiger partial charge < -0.3 is 14.6 Å². The van der Waals surface area contributed by atoms with Crippen molar-refractivity contribution in [1.82, 2.24) is 4.98 Å². The van der Waals surface area contributed by atoms with Crippen LogP contribution in [0.5, 0.6) is 11.5 Å². The van der Waals surface area contributed by atoms with E-state index in [9.17, 15) is 5.11 Å². The SMILES string of the molecule is COc1ccc(-c2csc(C(C)O)n2)c(OC)c1. The molecule has 0 saturated carbocycles. The lowest BCUT2D eigenvalue weighted by molar-refractivity contribution is 0.199. The smallest absolute Gasteiger partial charge is 0.131 e. The summed E-state index contributed by atoms with van der Waals surface area (Å²) in [6.45, 7) is 1.70. The van der Waals surface area contributed by atoms with Gasteiger partial charge in [-0.05, 0) is 19.1 Å². The largest absolute Gasteiger partial charge is 0.497 e. The molecule has 2 aromatic rings. The van der Waals surface area contributed by atoms with Gasteiger partial charge in [-0.15, -0.1) is 11.3 Å². The van der Waals surface area contributed by atoms with Gasteiger partial charge in [0.1, 0.15) is 22.6 Å². The van der Waals surface area contributed by atoms with Crippen LogP contribution >= 0.6 is 11.3 Å². The molecule has 0 bridgehead atoms. The normalized spacial score (nSPS) is 12.2. The molecule has 0 aliphatic rings. The monoisotopic (exact) mass is 265 g/mol. The number of ether oxygens (including phenoxy) is 2. The molecule has 0 aliphatic carbocycles. The maximum Gasteiger partial charge on any atom is 0.131 e. The third kappa shape index (κ3) is 2.47. The molecule has 1 aromatic carbocycles. The van der Waals surface area contributed by atoms with Crippen LogP contribution in [0.4, 0.5) is 0 Å². The highest BCUT2D eigenvalue weighted by molar-refractivity contribution is 7.10. The maximum absolute atomic E-state index is 9.49. The molecule has 4 nitrogen and oxygen atoms in total. The zero-order valence-electron chi connectivity index (χ0n) is 10.5. The Bertz CT molecular complexity index is 537. The number of aliphatic hydroxyl groups excluding tert-OH is 1. The van der Waals surface area contributed by atoms with E-state index in [-0.39, 0.29) is 0 Å². The number of nitrogens with zero attached hydrogens (tertiary/aromatic N) is 1. The van der Waals surface area contributed by atoms with E-state index >= 15 is 0 Å². The molecule has 1 unspecified atom stereocenters. The van der Waals surface area contributed by atoms with Gasteiger partial charge in [0, 0.05) is 17.0 Å². The third-order valence-electron chi connectivity index (χ3n) is 2.56. The van der Waals surface area contributed by atoms with E-state index in [4.69, 9.17) is 9.47 Å². The van der Waals surface area contributed by atoms with Gasteiger partial charge in [-0.1, -0.05) is 0 Å². The molecule has 0 aliphatic heterocycles. The van der Waals surface area contributed by atoms with Gasteiger partial charge in [0.25, 0.3) is 0 Å². The Morgan fingerprint density at radius 2 is 2.06 bits per heavy atom. The van der Waals surface area contributed by atoms with Gasteiger partial charge in [0.05, 0.1) is 19.9 Å². The Hall–Kier alpha value is -1.59. The average Bonchev–Trinajstić information content (AvgIpc) is 2.87. The fraction of sp³-hybridized carbons (Fsp3) is 0.308. The summed E-state index contributed by atoms with van der Waals surface area (Å²) in [4.78, 5) is 4.39. The molecule has 1 heterocycles. The molecule has 0 radical (unpaired) electrons. The minimum Gasteiger partial charge on any atom is -0.497 e. The minimum absolute atomic E-state index is 0.548. The van der Waals surface area contributed by atoms with Crippen molar-refractivity contribution >= 4 is 11.3 Å². The van der Waals surface area contributed by atoms with E-state index in [1.807, 2.05) is 23.6 Å². The van der Waals surface area contributed by atoms with E-state index in [0.29, 0.717) is 10.8 Å². The minimum atomic E-state index is -0.548. The summed E-state index contributed by atoms with van der Waals surface area (Å²) in [5, 5.41) is 12.1. The summed E-state index contributed by atoms with van der Waals surface area (Å²) < 4.78 is 10.5. The quantitative estimate of drug-likeness (QED) is 0.923. The lowest BCUT2D eigenvalue weighted by atomic mass is 10.1. The summed E-state index contributed by atoms with van der Waals surface area (Å²) in [5.74, 6) is 1.44. The first-order valence-corrected chi connectivity index (χ1v) is 6.39. The van der Waals surface area contributed by atoms with E-state index in [1.165, 1.54) is 11.3 Å². The van der Waals surface area contributed by atoms with Crippen LogP contribution < -0.4 is 9.47 Å². The Morgan fingerprint density at radius 1 is 1.28 bits per heavy atom. The summed E-state index contributed by atoms with van der Waals surface area (Å²) in [5.41, 5.74) is 1.69. The van der Waals surface area contributed by atoms with Crippen molar-refractivity contribution in [3.63, 3.8) is 0 Å².